The summed E-state index contributed by atoms with van der Waals surface area (Å²) in [5.41, 5.74) is 2.54. The first-order valence-electron chi connectivity index (χ1n) is 9.77. The number of amides is 1. The van der Waals surface area contributed by atoms with Crippen LogP contribution >= 0.6 is 34.7 Å². The van der Waals surface area contributed by atoms with Gasteiger partial charge in [0.1, 0.15) is 5.82 Å². The van der Waals surface area contributed by atoms with Crippen LogP contribution < -0.4 is 5.32 Å². The molecule has 0 aliphatic rings. The molecule has 0 bridgehead atoms. The van der Waals surface area contributed by atoms with Crippen LogP contribution in [0.15, 0.2) is 71.2 Å². The predicted octanol–water partition coefficient (Wildman–Crippen LogP) is 6.00. The van der Waals surface area contributed by atoms with E-state index in [1.54, 1.807) is 11.3 Å². The van der Waals surface area contributed by atoms with Crippen molar-refractivity contribution in [2.24, 2.45) is 0 Å². The zero-order chi connectivity index (χ0) is 21.8. The number of para-hydroxylation sites is 1. The molecule has 0 fully saturated rings. The predicted molar refractivity (Wildman–Crippen MR) is 129 cm³/mol. The third kappa shape index (κ3) is 5.01. The summed E-state index contributed by atoms with van der Waals surface area (Å²) in [4.78, 5) is 14.1. The van der Waals surface area contributed by atoms with Crippen LogP contribution in [0.1, 0.15) is 23.2 Å². The van der Waals surface area contributed by atoms with Crippen LogP contribution in [0.3, 0.4) is 0 Å². The number of nitrogens with one attached hydrogen (secondary N) is 1. The molecular formula is C23H21ClN4OS2. The molecule has 31 heavy (non-hydrogen) atoms. The first-order chi connectivity index (χ1) is 15.0. The average Bonchev–Trinajstić information content (AvgIpc) is 3.42. The molecular weight excluding hydrogens is 448 g/mol. The number of aromatic nitrogens is 3. The molecule has 0 aliphatic heterocycles. The fourth-order valence-electron chi connectivity index (χ4n) is 3.09. The molecule has 0 radical (unpaired) electrons. The Morgan fingerprint density at radius 1 is 1.13 bits per heavy atom. The number of hydrogen-bond acceptors (Lipinski definition) is 5. The highest BCUT2D eigenvalue weighted by Crippen LogP contribution is 2.29. The Morgan fingerprint density at radius 3 is 2.68 bits per heavy atom. The topological polar surface area (TPSA) is 59.8 Å². The van der Waals surface area contributed by atoms with E-state index in [2.05, 4.69) is 27.0 Å². The molecule has 158 valence electrons. The van der Waals surface area contributed by atoms with Gasteiger partial charge in [-0.3, -0.25) is 9.36 Å². The smallest absolute Gasteiger partial charge is 0.237 e. The second-order valence-corrected chi connectivity index (χ2v) is 9.74. The van der Waals surface area contributed by atoms with E-state index in [-0.39, 0.29) is 11.2 Å². The molecule has 0 saturated heterocycles. The maximum absolute atomic E-state index is 12.9. The lowest BCUT2D eigenvalue weighted by molar-refractivity contribution is -0.115. The molecule has 1 N–H and O–H groups in total. The summed E-state index contributed by atoms with van der Waals surface area (Å²) in [5.74, 6) is 0.729. The van der Waals surface area contributed by atoms with Gasteiger partial charge in [-0.15, -0.1) is 21.5 Å². The van der Waals surface area contributed by atoms with Crippen molar-refractivity contribution in [3.05, 3.63) is 87.3 Å². The third-order valence-corrected chi connectivity index (χ3v) is 7.13. The van der Waals surface area contributed by atoms with Crippen LogP contribution in [0.2, 0.25) is 5.02 Å². The summed E-state index contributed by atoms with van der Waals surface area (Å²) < 4.78 is 2.03. The largest absolute Gasteiger partial charge is 0.325 e. The van der Waals surface area contributed by atoms with Crippen molar-refractivity contribution in [2.45, 2.75) is 30.7 Å². The van der Waals surface area contributed by atoms with Crippen molar-refractivity contribution in [1.82, 2.24) is 14.8 Å². The SMILES string of the molecule is Cc1c(Cl)cccc1NC(=O)C(C)Sc1nnc(Cc2cccs2)n1-c1ccccc1. The Balaban J connectivity index is 1.58. The fraction of sp³-hybridized carbons (Fsp3) is 0.174. The number of hydrogen-bond donors (Lipinski definition) is 1. The molecule has 1 atom stereocenters. The molecule has 0 spiro atoms. The van der Waals surface area contributed by atoms with Crippen LogP contribution in [0, 0.1) is 6.92 Å². The highest BCUT2D eigenvalue weighted by Gasteiger charge is 2.22. The zero-order valence-corrected chi connectivity index (χ0v) is 19.5. The molecule has 0 aliphatic carbocycles. The van der Waals surface area contributed by atoms with Crippen molar-refractivity contribution in [3.8, 4) is 5.69 Å². The van der Waals surface area contributed by atoms with Gasteiger partial charge in [0.05, 0.1) is 5.25 Å². The molecule has 1 unspecified atom stereocenters. The van der Waals surface area contributed by atoms with Crippen LogP contribution in [0.4, 0.5) is 5.69 Å². The molecule has 0 saturated carbocycles. The summed E-state index contributed by atoms with van der Waals surface area (Å²) in [6.45, 7) is 3.75. The standard InChI is InChI=1S/C23H21ClN4OS2/c1-15-19(24)11-6-12-20(15)25-22(29)16(2)31-23-27-26-21(14-18-10-7-13-30-18)28(23)17-8-4-3-5-9-17/h3-13,16H,14H2,1-2H3,(H,25,29). The van der Waals surface area contributed by atoms with Gasteiger partial charge in [0.2, 0.25) is 5.91 Å². The summed E-state index contributed by atoms with van der Waals surface area (Å²) >= 11 is 9.25. The van der Waals surface area contributed by atoms with Crippen molar-refractivity contribution < 1.29 is 4.79 Å². The molecule has 1 amide bonds. The molecule has 2 aromatic heterocycles. The van der Waals surface area contributed by atoms with Crippen molar-refractivity contribution in [2.75, 3.05) is 5.32 Å². The van der Waals surface area contributed by atoms with Gasteiger partial charge in [0, 0.05) is 27.7 Å². The van der Waals surface area contributed by atoms with Gasteiger partial charge in [-0.2, -0.15) is 0 Å². The molecule has 8 heteroatoms. The van der Waals surface area contributed by atoms with Crippen LogP contribution in [0.5, 0.6) is 0 Å². The van der Waals surface area contributed by atoms with Crippen molar-refractivity contribution in [1.29, 1.82) is 0 Å². The lowest BCUT2D eigenvalue weighted by atomic mass is 10.2. The Bertz CT molecular complexity index is 1180. The van der Waals surface area contributed by atoms with Gasteiger partial charge in [0.25, 0.3) is 0 Å². The quantitative estimate of drug-likeness (QED) is 0.338. The number of halogens is 1. The van der Waals surface area contributed by atoms with Crippen LogP contribution in [-0.2, 0) is 11.2 Å². The minimum Gasteiger partial charge on any atom is -0.325 e. The lowest BCUT2D eigenvalue weighted by Gasteiger charge is -2.15. The van der Waals surface area contributed by atoms with E-state index in [4.69, 9.17) is 11.6 Å². The van der Waals surface area contributed by atoms with Crippen LogP contribution in [-0.4, -0.2) is 25.9 Å². The fourth-order valence-corrected chi connectivity index (χ4v) is 4.85. The second kappa shape index (κ2) is 9.68. The number of benzene rings is 2. The zero-order valence-electron chi connectivity index (χ0n) is 17.1. The summed E-state index contributed by atoms with van der Waals surface area (Å²) in [6, 6.07) is 19.6. The van der Waals surface area contributed by atoms with Gasteiger partial charge in [0.15, 0.2) is 5.16 Å². The van der Waals surface area contributed by atoms with E-state index in [1.165, 1.54) is 16.6 Å². The third-order valence-electron chi connectivity index (χ3n) is 4.80. The van der Waals surface area contributed by atoms with Gasteiger partial charge in [-0.1, -0.05) is 53.7 Å². The number of carbonyl (C=O) groups is 1. The number of thiophene rings is 1. The van der Waals surface area contributed by atoms with E-state index < -0.39 is 0 Å². The summed E-state index contributed by atoms with van der Waals surface area (Å²) in [6.07, 6.45) is 0.683. The first kappa shape index (κ1) is 21.6. The number of rotatable bonds is 7. The summed E-state index contributed by atoms with van der Waals surface area (Å²) in [7, 11) is 0. The van der Waals surface area contributed by atoms with Gasteiger partial charge >= 0.3 is 0 Å². The second-order valence-electron chi connectivity index (χ2n) is 6.99. The number of nitrogens with zero attached hydrogens (tertiary/aromatic N) is 3. The Morgan fingerprint density at radius 2 is 1.94 bits per heavy atom. The lowest BCUT2D eigenvalue weighted by Crippen LogP contribution is -2.23. The Labute approximate surface area is 194 Å². The Kier molecular flexibility index (Phi) is 6.75. The molecule has 2 aromatic carbocycles. The average molecular weight is 469 g/mol. The Hall–Kier alpha value is -2.61. The highest BCUT2D eigenvalue weighted by atomic mass is 35.5. The van der Waals surface area contributed by atoms with Gasteiger partial charge < -0.3 is 5.32 Å². The maximum atomic E-state index is 12.9. The maximum Gasteiger partial charge on any atom is 0.237 e. The monoisotopic (exact) mass is 468 g/mol. The minimum atomic E-state index is -0.375. The van der Waals surface area contributed by atoms with Gasteiger partial charge in [-0.25, -0.2) is 0 Å². The number of carbonyl (C=O) groups excluding carboxylic acids is 1. The molecule has 4 rings (SSSR count). The first-order valence-corrected chi connectivity index (χ1v) is 11.9. The van der Waals surface area contributed by atoms with E-state index in [0.717, 1.165) is 17.1 Å². The van der Waals surface area contributed by atoms with Crippen molar-refractivity contribution >= 4 is 46.3 Å². The van der Waals surface area contributed by atoms with E-state index in [9.17, 15) is 4.79 Å². The molecule has 5 nitrogen and oxygen atoms in total. The van der Waals surface area contributed by atoms with Gasteiger partial charge in [-0.05, 0) is 55.1 Å². The van der Waals surface area contributed by atoms with E-state index in [0.29, 0.717) is 22.3 Å². The normalized spacial score (nSPS) is 12.0. The molecule has 4 aromatic rings. The number of anilines is 1. The minimum absolute atomic E-state index is 0.113. The van der Waals surface area contributed by atoms with Crippen LogP contribution in [0.25, 0.3) is 5.69 Å². The molecule has 2 heterocycles. The highest BCUT2D eigenvalue weighted by molar-refractivity contribution is 8.00. The van der Waals surface area contributed by atoms with E-state index >= 15 is 0 Å². The van der Waals surface area contributed by atoms with E-state index in [1.807, 2.05) is 73.0 Å². The summed E-state index contributed by atoms with van der Waals surface area (Å²) in [5, 5.41) is 14.8. The number of thioether (sulfide) groups is 1. The van der Waals surface area contributed by atoms with Crippen molar-refractivity contribution in [3.63, 3.8) is 0 Å².